The molecule has 0 aliphatic rings. The van der Waals surface area contributed by atoms with Crippen molar-refractivity contribution in [2.24, 2.45) is 5.14 Å². The van der Waals surface area contributed by atoms with Crippen LogP contribution in [0.1, 0.15) is 0 Å². The monoisotopic (exact) mass is 152 g/mol. The van der Waals surface area contributed by atoms with Crippen molar-refractivity contribution in [1.82, 2.24) is 5.48 Å². The van der Waals surface area contributed by atoms with E-state index in [0.717, 1.165) is 0 Å². The molecule has 3 N–H and O–H groups in total. The minimum Gasteiger partial charge on any atom is -0.204 e. The Bertz CT molecular complexity index is 173. The fourth-order valence-corrected chi connectivity index (χ4v) is 0.407. The number of hydroxylamine groups is 1. The zero-order valence-corrected chi connectivity index (χ0v) is 5.52. The predicted molar refractivity (Wildman–Crippen MR) is 32.4 cm³/mol. The van der Waals surface area contributed by atoms with Crippen molar-refractivity contribution in [1.29, 1.82) is 0 Å². The molecule has 0 rings (SSSR count). The molecule has 0 saturated carbocycles. The Kier molecular flexibility index (Phi) is 3.40. The van der Waals surface area contributed by atoms with Crippen LogP contribution >= 0.6 is 0 Å². The van der Waals surface area contributed by atoms with Gasteiger partial charge in [0.15, 0.2) is 0 Å². The van der Waals surface area contributed by atoms with Gasteiger partial charge in [0, 0.05) is 6.54 Å². The average molecular weight is 152 g/mol. The highest BCUT2D eigenvalue weighted by Gasteiger charge is 1.97. The second kappa shape index (κ2) is 3.57. The van der Waals surface area contributed by atoms with Gasteiger partial charge in [-0.15, -0.1) is 6.58 Å². The van der Waals surface area contributed by atoms with E-state index in [2.05, 4.69) is 16.0 Å². The molecule has 9 heavy (non-hydrogen) atoms. The van der Waals surface area contributed by atoms with Crippen molar-refractivity contribution in [2.75, 3.05) is 6.54 Å². The maximum atomic E-state index is 9.96. The summed E-state index contributed by atoms with van der Waals surface area (Å²) in [6.45, 7) is 3.53. The Morgan fingerprint density at radius 1 is 1.78 bits per heavy atom. The molecule has 0 amide bonds. The third-order valence-corrected chi connectivity index (χ3v) is 0.753. The lowest BCUT2D eigenvalue weighted by atomic mass is 10.7. The van der Waals surface area contributed by atoms with Gasteiger partial charge in [0.2, 0.25) is 0 Å². The van der Waals surface area contributed by atoms with Crippen LogP contribution in [0.25, 0.3) is 0 Å². The maximum absolute atomic E-state index is 9.96. The Morgan fingerprint density at radius 2 is 2.33 bits per heavy atom. The number of hydrogen-bond acceptors (Lipinski definition) is 4. The Balaban J connectivity index is 3.40. The highest BCUT2D eigenvalue weighted by Crippen LogP contribution is 1.73. The molecule has 0 bridgehead atoms. The molecular formula is C3H8N2O3S. The van der Waals surface area contributed by atoms with Crippen LogP contribution < -0.4 is 10.6 Å². The highest BCUT2D eigenvalue weighted by molar-refractivity contribution is 7.84. The largest absolute Gasteiger partial charge is 0.349 e. The van der Waals surface area contributed by atoms with Crippen LogP contribution in [0.3, 0.4) is 0 Å². The molecule has 6 heteroatoms. The van der Waals surface area contributed by atoms with Gasteiger partial charge in [-0.25, -0.2) is 5.14 Å². The minimum absolute atomic E-state index is 0.233. The lowest BCUT2D eigenvalue weighted by Crippen LogP contribution is -2.25. The van der Waals surface area contributed by atoms with E-state index in [-0.39, 0.29) is 6.54 Å². The Morgan fingerprint density at radius 3 is 2.67 bits per heavy atom. The van der Waals surface area contributed by atoms with Gasteiger partial charge < -0.3 is 0 Å². The average Bonchev–Trinajstić information content (AvgIpc) is 1.63. The third kappa shape index (κ3) is 7.57. The first-order valence-electron chi connectivity index (χ1n) is 2.11. The van der Waals surface area contributed by atoms with Crippen molar-refractivity contribution in [3.8, 4) is 0 Å². The summed E-state index contributed by atoms with van der Waals surface area (Å²) in [4.78, 5) is 0. The van der Waals surface area contributed by atoms with Gasteiger partial charge in [-0.1, -0.05) is 6.08 Å². The summed E-state index contributed by atoms with van der Waals surface area (Å²) in [6.07, 6.45) is 1.44. The number of rotatable bonds is 4. The van der Waals surface area contributed by atoms with Crippen LogP contribution in [0, 0.1) is 0 Å². The quantitative estimate of drug-likeness (QED) is 0.304. The fourth-order valence-electron chi connectivity index (χ4n) is 0.175. The van der Waals surface area contributed by atoms with E-state index >= 15 is 0 Å². The number of nitrogens with two attached hydrogens (primary N) is 1. The summed E-state index contributed by atoms with van der Waals surface area (Å²) in [6, 6.07) is 0. The third-order valence-electron chi connectivity index (χ3n) is 0.403. The summed E-state index contributed by atoms with van der Waals surface area (Å²) < 4.78 is 23.8. The van der Waals surface area contributed by atoms with Gasteiger partial charge in [-0.05, 0) is 0 Å². The van der Waals surface area contributed by atoms with Crippen molar-refractivity contribution >= 4 is 10.3 Å². The molecule has 0 aliphatic carbocycles. The molecule has 0 aromatic carbocycles. The fraction of sp³-hybridized carbons (Fsp3) is 0.333. The first kappa shape index (κ1) is 8.57. The molecule has 0 saturated heterocycles. The number of hydrogen-bond donors (Lipinski definition) is 2. The second-order valence-corrected chi connectivity index (χ2v) is 2.37. The molecule has 54 valence electrons. The first-order chi connectivity index (χ1) is 4.06. The SMILES string of the molecule is C=CCNOS(N)(=O)=O. The molecule has 0 aromatic rings. The van der Waals surface area contributed by atoms with Crippen molar-refractivity contribution in [3.05, 3.63) is 12.7 Å². The normalized spacial score (nSPS) is 11.2. The van der Waals surface area contributed by atoms with E-state index in [1.165, 1.54) is 6.08 Å². The molecule has 0 aliphatic heterocycles. The number of nitrogens with one attached hydrogen (secondary N) is 1. The Labute approximate surface area is 53.7 Å². The first-order valence-corrected chi connectivity index (χ1v) is 3.58. The topological polar surface area (TPSA) is 81.4 Å². The lowest BCUT2D eigenvalue weighted by molar-refractivity contribution is 0.217. The van der Waals surface area contributed by atoms with E-state index in [4.69, 9.17) is 0 Å². The molecule has 0 spiro atoms. The molecule has 0 fully saturated rings. The van der Waals surface area contributed by atoms with Gasteiger partial charge in [0.05, 0.1) is 0 Å². The molecular weight excluding hydrogens is 144 g/mol. The van der Waals surface area contributed by atoms with E-state index in [0.29, 0.717) is 0 Å². The van der Waals surface area contributed by atoms with E-state index in [9.17, 15) is 8.42 Å². The van der Waals surface area contributed by atoms with Gasteiger partial charge in [0.25, 0.3) is 0 Å². The minimum atomic E-state index is -3.86. The lowest BCUT2D eigenvalue weighted by Gasteiger charge is -1.96. The standard InChI is InChI=1S/C3H8N2O3S/c1-2-3-5-8-9(4,6)7/h2,5H,1,3H2,(H2,4,6,7). The Hall–Kier alpha value is -0.430. The van der Waals surface area contributed by atoms with E-state index in [1.54, 1.807) is 0 Å². The molecule has 0 aromatic heterocycles. The summed E-state index contributed by atoms with van der Waals surface area (Å²) in [5.41, 5.74) is 2.04. The van der Waals surface area contributed by atoms with Gasteiger partial charge in [-0.3, -0.25) is 0 Å². The summed E-state index contributed by atoms with van der Waals surface area (Å²) in [5.74, 6) is 0. The van der Waals surface area contributed by atoms with Crippen LogP contribution in [-0.4, -0.2) is 15.0 Å². The van der Waals surface area contributed by atoms with Crippen molar-refractivity contribution in [2.45, 2.75) is 0 Å². The van der Waals surface area contributed by atoms with Crippen LogP contribution in [0.2, 0.25) is 0 Å². The van der Waals surface area contributed by atoms with E-state index in [1.807, 2.05) is 5.48 Å². The van der Waals surface area contributed by atoms with Crippen molar-refractivity contribution < 1.29 is 12.7 Å². The van der Waals surface area contributed by atoms with Crippen LogP contribution in [-0.2, 0) is 14.6 Å². The summed E-state index contributed by atoms with van der Waals surface area (Å²) in [7, 11) is -3.86. The van der Waals surface area contributed by atoms with Crippen LogP contribution in [0.5, 0.6) is 0 Å². The summed E-state index contributed by atoms with van der Waals surface area (Å²) in [5, 5.41) is 4.43. The zero-order valence-electron chi connectivity index (χ0n) is 4.70. The second-order valence-electron chi connectivity index (χ2n) is 1.21. The van der Waals surface area contributed by atoms with Gasteiger partial charge >= 0.3 is 10.3 Å². The van der Waals surface area contributed by atoms with Crippen LogP contribution in [0.4, 0.5) is 0 Å². The van der Waals surface area contributed by atoms with E-state index < -0.39 is 10.3 Å². The van der Waals surface area contributed by atoms with Crippen molar-refractivity contribution in [3.63, 3.8) is 0 Å². The predicted octanol–water partition coefficient (Wildman–Crippen LogP) is -1.10. The van der Waals surface area contributed by atoms with Gasteiger partial charge in [-0.2, -0.15) is 18.2 Å². The zero-order chi connectivity index (χ0) is 7.33. The van der Waals surface area contributed by atoms with Gasteiger partial charge in [0.1, 0.15) is 0 Å². The highest BCUT2D eigenvalue weighted by atomic mass is 32.2. The molecule has 0 unspecified atom stereocenters. The molecule has 0 heterocycles. The molecule has 5 nitrogen and oxygen atoms in total. The van der Waals surface area contributed by atoms with Crippen LogP contribution in [0.15, 0.2) is 12.7 Å². The molecule has 0 radical (unpaired) electrons. The smallest absolute Gasteiger partial charge is 0.204 e. The maximum Gasteiger partial charge on any atom is 0.349 e. The molecule has 0 atom stereocenters. The summed E-state index contributed by atoms with van der Waals surface area (Å²) >= 11 is 0.